The molecule has 66 valence electrons. The van der Waals surface area contributed by atoms with E-state index in [4.69, 9.17) is 0 Å². The third-order valence-electron chi connectivity index (χ3n) is 1.91. The van der Waals surface area contributed by atoms with Crippen LogP contribution < -0.4 is 0 Å². The molecule has 1 aromatic rings. The Morgan fingerprint density at radius 1 is 1.58 bits per heavy atom. The summed E-state index contributed by atoms with van der Waals surface area (Å²) in [6.07, 6.45) is 12.4. The van der Waals surface area contributed by atoms with Crippen LogP contribution in [0.4, 0.5) is 0 Å². The van der Waals surface area contributed by atoms with Crippen molar-refractivity contribution in [3.05, 3.63) is 30.9 Å². The van der Waals surface area contributed by atoms with Crippen LogP contribution in [0.25, 0.3) is 0 Å². The van der Waals surface area contributed by atoms with E-state index in [9.17, 15) is 0 Å². The molecule has 2 nitrogen and oxygen atoms in total. The summed E-state index contributed by atoms with van der Waals surface area (Å²) >= 11 is 0. The molecular weight excluding hydrogens is 148 g/mol. The zero-order valence-electron chi connectivity index (χ0n) is 7.77. The second-order valence-electron chi connectivity index (χ2n) is 2.89. The average Bonchev–Trinajstić information content (AvgIpc) is 2.56. The molecular formula is C10H16N2. The Labute approximate surface area is 73.9 Å². The van der Waals surface area contributed by atoms with Crippen LogP contribution >= 0.6 is 0 Å². The molecule has 0 bridgehead atoms. The summed E-state index contributed by atoms with van der Waals surface area (Å²) in [5, 5.41) is 0. The Morgan fingerprint density at radius 2 is 2.42 bits per heavy atom. The second kappa shape index (κ2) is 4.75. The van der Waals surface area contributed by atoms with Gasteiger partial charge in [-0.05, 0) is 13.3 Å². The summed E-state index contributed by atoms with van der Waals surface area (Å²) in [6.45, 7) is 4.26. The number of nitrogens with zero attached hydrogens (tertiary/aromatic N) is 2. The van der Waals surface area contributed by atoms with Gasteiger partial charge in [0.15, 0.2) is 0 Å². The third kappa shape index (κ3) is 2.22. The molecule has 0 aliphatic rings. The fraction of sp³-hybridized carbons (Fsp3) is 0.500. The van der Waals surface area contributed by atoms with E-state index in [1.54, 1.807) is 0 Å². The lowest BCUT2D eigenvalue weighted by Crippen LogP contribution is -2.03. The van der Waals surface area contributed by atoms with Gasteiger partial charge in [-0.3, -0.25) is 0 Å². The quantitative estimate of drug-likeness (QED) is 0.626. The fourth-order valence-corrected chi connectivity index (χ4v) is 1.33. The first-order chi connectivity index (χ1) is 5.88. The average molecular weight is 164 g/mol. The molecule has 0 fully saturated rings. The standard InChI is InChI=1S/C10H16N2/c1-3-5-10(6-4-2)12-8-7-11-9-12/h3,5,7-10H,4,6H2,1-2H3. The van der Waals surface area contributed by atoms with E-state index < -0.39 is 0 Å². The lowest BCUT2D eigenvalue weighted by molar-refractivity contribution is 0.548. The number of hydrogen-bond donors (Lipinski definition) is 0. The summed E-state index contributed by atoms with van der Waals surface area (Å²) in [7, 11) is 0. The van der Waals surface area contributed by atoms with Gasteiger partial charge in [0.1, 0.15) is 0 Å². The molecule has 0 spiro atoms. The first kappa shape index (κ1) is 9.04. The van der Waals surface area contributed by atoms with Crippen LogP contribution in [0.3, 0.4) is 0 Å². The molecule has 0 radical (unpaired) electrons. The van der Waals surface area contributed by atoms with Gasteiger partial charge in [-0.15, -0.1) is 0 Å². The lowest BCUT2D eigenvalue weighted by atomic mass is 10.1. The van der Waals surface area contributed by atoms with Crippen molar-refractivity contribution < 1.29 is 0 Å². The van der Waals surface area contributed by atoms with Crippen molar-refractivity contribution in [3.8, 4) is 0 Å². The van der Waals surface area contributed by atoms with Crippen LogP contribution in [0.5, 0.6) is 0 Å². The molecule has 2 heteroatoms. The molecule has 0 saturated heterocycles. The van der Waals surface area contributed by atoms with E-state index >= 15 is 0 Å². The van der Waals surface area contributed by atoms with Crippen LogP contribution in [0.15, 0.2) is 30.9 Å². The van der Waals surface area contributed by atoms with Crippen molar-refractivity contribution in [2.24, 2.45) is 0 Å². The maximum atomic E-state index is 4.04. The molecule has 0 aliphatic carbocycles. The van der Waals surface area contributed by atoms with Gasteiger partial charge >= 0.3 is 0 Å². The van der Waals surface area contributed by atoms with E-state index in [0.29, 0.717) is 6.04 Å². The predicted molar refractivity (Wildman–Crippen MR) is 51.0 cm³/mol. The van der Waals surface area contributed by atoms with Crippen LogP contribution in [0.1, 0.15) is 32.7 Å². The molecule has 1 rings (SSSR count). The molecule has 1 atom stereocenters. The minimum atomic E-state index is 0.488. The van der Waals surface area contributed by atoms with Gasteiger partial charge in [-0.2, -0.15) is 0 Å². The van der Waals surface area contributed by atoms with Crippen molar-refractivity contribution in [1.82, 2.24) is 9.55 Å². The van der Waals surface area contributed by atoms with E-state index in [-0.39, 0.29) is 0 Å². The van der Waals surface area contributed by atoms with Gasteiger partial charge in [0.2, 0.25) is 0 Å². The molecule has 0 aromatic carbocycles. The minimum absolute atomic E-state index is 0.488. The second-order valence-corrected chi connectivity index (χ2v) is 2.89. The predicted octanol–water partition coefficient (Wildman–Crippen LogP) is 2.80. The first-order valence-electron chi connectivity index (χ1n) is 4.48. The lowest BCUT2D eigenvalue weighted by Gasteiger charge is -2.12. The first-order valence-corrected chi connectivity index (χ1v) is 4.48. The van der Waals surface area contributed by atoms with Crippen LogP contribution in [0.2, 0.25) is 0 Å². The zero-order chi connectivity index (χ0) is 8.81. The van der Waals surface area contributed by atoms with E-state index in [1.807, 2.05) is 18.7 Å². The monoisotopic (exact) mass is 164 g/mol. The van der Waals surface area contributed by atoms with Crippen molar-refractivity contribution in [3.63, 3.8) is 0 Å². The number of hydrogen-bond acceptors (Lipinski definition) is 1. The molecule has 0 aliphatic heterocycles. The molecule has 0 saturated carbocycles. The number of rotatable bonds is 4. The number of allylic oxidation sites excluding steroid dienone is 2. The van der Waals surface area contributed by atoms with E-state index in [2.05, 4.69) is 35.6 Å². The van der Waals surface area contributed by atoms with Crippen LogP contribution in [0, 0.1) is 0 Å². The van der Waals surface area contributed by atoms with Gasteiger partial charge in [0.25, 0.3) is 0 Å². The highest BCUT2D eigenvalue weighted by molar-refractivity contribution is 4.93. The molecule has 1 aromatic heterocycles. The van der Waals surface area contributed by atoms with Gasteiger partial charge < -0.3 is 4.57 Å². The third-order valence-corrected chi connectivity index (χ3v) is 1.91. The molecule has 1 heterocycles. The Kier molecular flexibility index (Phi) is 3.58. The molecule has 0 amide bonds. The van der Waals surface area contributed by atoms with Crippen molar-refractivity contribution in [1.29, 1.82) is 0 Å². The minimum Gasteiger partial charge on any atom is -0.331 e. The van der Waals surface area contributed by atoms with Gasteiger partial charge in [-0.25, -0.2) is 4.98 Å². The normalized spacial score (nSPS) is 13.8. The number of imidazole rings is 1. The Bertz CT molecular complexity index is 224. The Balaban J connectivity index is 2.66. The van der Waals surface area contributed by atoms with Gasteiger partial charge in [-0.1, -0.05) is 25.5 Å². The maximum Gasteiger partial charge on any atom is 0.0951 e. The van der Waals surface area contributed by atoms with E-state index in [0.717, 1.165) is 0 Å². The summed E-state index contributed by atoms with van der Waals surface area (Å²) in [6, 6.07) is 0.488. The van der Waals surface area contributed by atoms with Gasteiger partial charge in [0.05, 0.1) is 12.4 Å². The van der Waals surface area contributed by atoms with Crippen LogP contribution in [-0.4, -0.2) is 9.55 Å². The Morgan fingerprint density at radius 3 is 2.92 bits per heavy atom. The SMILES string of the molecule is CC=CC(CCC)n1ccnc1. The summed E-state index contributed by atoms with van der Waals surface area (Å²) in [5.74, 6) is 0. The highest BCUT2D eigenvalue weighted by Gasteiger charge is 2.03. The van der Waals surface area contributed by atoms with E-state index in [1.165, 1.54) is 12.8 Å². The topological polar surface area (TPSA) is 17.8 Å². The molecule has 12 heavy (non-hydrogen) atoms. The maximum absolute atomic E-state index is 4.04. The fourth-order valence-electron chi connectivity index (χ4n) is 1.33. The van der Waals surface area contributed by atoms with Crippen molar-refractivity contribution in [2.75, 3.05) is 0 Å². The summed E-state index contributed by atoms with van der Waals surface area (Å²) < 4.78 is 2.14. The number of aromatic nitrogens is 2. The zero-order valence-corrected chi connectivity index (χ0v) is 7.77. The highest BCUT2D eigenvalue weighted by Crippen LogP contribution is 2.14. The summed E-state index contributed by atoms with van der Waals surface area (Å²) in [5.41, 5.74) is 0. The summed E-state index contributed by atoms with van der Waals surface area (Å²) in [4.78, 5) is 4.04. The largest absolute Gasteiger partial charge is 0.331 e. The van der Waals surface area contributed by atoms with Gasteiger partial charge in [0, 0.05) is 12.4 Å². The molecule has 0 N–H and O–H groups in total. The molecule has 1 unspecified atom stereocenters. The highest BCUT2D eigenvalue weighted by atomic mass is 15.0. The van der Waals surface area contributed by atoms with Crippen LogP contribution in [-0.2, 0) is 0 Å². The van der Waals surface area contributed by atoms with Crippen molar-refractivity contribution >= 4 is 0 Å². The Hall–Kier alpha value is -1.05. The van der Waals surface area contributed by atoms with Crippen molar-refractivity contribution in [2.45, 2.75) is 32.7 Å². The smallest absolute Gasteiger partial charge is 0.0951 e.